The van der Waals surface area contributed by atoms with Gasteiger partial charge in [-0.3, -0.25) is 0 Å². The molecule has 252 valence electrons. The van der Waals surface area contributed by atoms with Crippen LogP contribution < -0.4 is 0 Å². The van der Waals surface area contributed by atoms with Crippen LogP contribution in [0, 0.1) is 0 Å². The number of aromatic nitrogens is 2. The lowest BCUT2D eigenvalue weighted by atomic mass is 9.86. The van der Waals surface area contributed by atoms with Gasteiger partial charge in [-0.15, -0.1) is 0 Å². The number of rotatable bonds is 4. The van der Waals surface area contributed by atoms with Crippen molar-refractivity contribution >= 4 is 71.4 Å². The number of hydrogen-bond acceptors (Lipinski definition) is 0. The van der Waals surface area contributed by atoms with Crippen LogP contribution in [0.5, 0.6) is 0 Å². The number of aryl methyl sites for hydroxylation is 2. The van der Waals surface area contributed by atoms with Crippen molar-refractivity contribution < 1.29 is 0 Å². The number of para-hydroxylation sites is 2. The first kappa shape index (κ1) is 30.7. The van der Waals surface area contributed by atoms with E-state index in [9.17, 15) is 0 Å². The smallest absolute Gasteiger partial charge is 0.0537 e. The molecule has 2 aromatic heterocycles. The third kappa shape index (κ3) is 4.70. The second-order valence-electron chi connectivity index (χ2n) is 14.4. The molecule has 0 saturated heterocycles. The fraction of sp³-hybridized carbons (Fsp3) is 0.0800. The highest BCUT2D eigenvalue weighted by atomic mass is 79.9. The maximum absolute atomic E-state index is 3.84. The first-order valence-corrected chi connectivity index (χ1v) is 19.5. The van der Waals surface area contributed by atoms with Crippen molar-refractivity contribution in [3.8, 4) is 33.6 Å². The minimum absolute atomic E-state index is 1.08. The molecule has 0 aliphatic heterocycles. The summed E-state index contributed by atoms with van der Waals surface area (Å²) in [6.45, 7) is 0. The molecule has 11 rings (SSSR count). The second-order valence-corrected chi connectivity index (χ2v) is 15.3. The first-order valence-electron chi connectivity index (χ1n) is 18.7. The first-order chi connectivity index (χ1) is 26.2. The van der Waals surface area contributed by atoms with E-state index in [1.54, 1.807) is 0 Å². The van der Waals surface area contributed by atoms with Gasteiger partial charge in [-0.25, -0.2) is 0 Å². The van der Waals surface area contributed by atoms with E-state index >= 15 is 0 Å². The Hall–Kier alpha value is -5.90. The van der Waals surface area contributed by atoms with Gasteiger partial charge < -0.3 is 9.13 Å². The Balaban J connectivity index is 1.07. The fourth-order valence-electron chi connectivity index (χ4n) is 9.26. The number of allylic oxidation sites excluding steroid dienone is 2. The van der Waals surface area contributed by atoms with Gasteiger partial charge in [0.15, 0.2) is 0 Å². The molecular weight excluding hydrogens is 708 g/mol. The van der Waals surface area contributed by atoms with E-state index in [0.29, 0.717) is 0 Å². The maximum Gasteiger partial charge on any atom is 0.0537 e. The molecule has 0 N–H and O–H groups in total. The summed E-state index contributed by atoms with van der Waals surface area (Å²) in [4.78, 5) is 0. The van der Waals surface area contributed by atoms with E-state index in [1.165, 1.54) is 99.5 Å². The van der Waals surface area contributed by atoms with Crippen molar-refractivity contribution in [1.29, 1.82) is 0 Å². The normalized spacial score (nSPS) is 13.7. The van der Waals surface area contributed by atoms with E-state index < -0.39 is 0 Å². The topological polar surface area (TPSA) is 9.86 Å². The van der Waals surface area contributed by atoms with Gasteiger partial charge in [0.1, 0.15) is 0 Å². The third-order valence-corrected chi connectivity index (χ3v) is 12.0. The molecule has 9 aromatic rings. The van der Waals surface area contributed by atoms with E-state index in [0.717, 1.165) is 30.2 Å². The van der Waals surface area contributed by atoms with Gasteiger partial charge in [0, 0.05) is 38.0 Å². The van der Waals surface area contributed by atoms with Crippen molar-refractivity contribution in [3.05, 3.63) is 179 Å². The largest absolute Gasteiger partial charge is 0.310 e. The molecule has 0 spiro atoms. The summed E-state index contributed by atoms with van der Waals surface area (Å²) in [6.07, 6.45) is 13.6. The summed E-state index contributed by atoms with van der Waals surface area (Å²) in [7, 11) is 0. The van der Waals surface area contributed by atoms with Crippen LogP contribution in [0.2, 0.25) is 0 Å². The molecule has 2 aliphatic rings. The van der Waals surface area contributed by atoms with Gasteiger partial charge in [0.25, 0.3) is 0 Å². The molecule has 0 radical (unpaired) electrons. The minimum atomic E-state index is 1.08. The zero-order valence-corrected chi connectivity index (χ0v) is 30.8. The van der Waals surface area contributed by atoms with Crippen LogP contribution in [-0.4, -0.2) is 9.13 Å². The molecule has 0 atom stereocenters. The SMILES string of the molecule is Brc1ccc2c(-c3ccc(-n4c5c(c6ccccc64)CCC=C5)cc3)c3ccccc3c(-c3ccc(-n4c5c(c6ccccc64)CCC=C5)cc3)c2c1. The summed E-state index contributed by atoms with van der Waals surface area (Å²) in [5, 5.41) is 7.73. The quantitative estimate of drug-likeness (QED) is 0.159. The molecule has 2 nitrogen and oxygen atoms in total. The van der Waals surface area contributed by atoms with Gasteiger partial charge in [-0.2, -0.15) is 0 Å². The monoisotopic (exact) mass is 742 g/mol. The fourth-order valence-corrected chi connectivity index (χ4v) is 9.62. The molecule has 0 saturated carbocycles. The lowest BCUT2D eigenvalue weighted by Crippen LogP contribution is -2.00. The Morgan fingerprint density at radius 1 is 0.415 bits per heavy atom. The van der Waals surface area contributed by atoms with Crippen LogP contribution in [0.25, 0.3) is 89.1 Å². The van der Waals surface area contributed by atoms with Crippen molar-refractivity contribution in [3.63, 3.8) is 0 Å². The maximum atomic E-state index is 3.84. The summed E-state index contributed by atoms with van der Waals surface area (Å²) >= 11 is 3.84. The van der Waals surface area contributed by atoms with Gasteiger partial charge in [0.2, 0.25) is 0 Å². The van der Waals surface area contributed by atoms with Gasteiger partial charge in [0.05, 0.1) is 11.0 Å². The van der Waals surface area contributed by atoms with E-state index in [1.807, 2.05) is 0 Å². The Bertz CT molecular complexity index is 2990. The molecule has 0 fully saturated rings. The highest BCUT2D eigenvalue weighted by Gasteiger charge is 2.21. The van der Waals surface area contributed by atoms with Crippen LogP contribution in [0.4, 0.5) is 0 Å². The van der Waals surface area contributed by atoms with Crippen LogP contribution in [0.1, 0.15) is 35.4 Å². The Labute approximate surface area is 317 Å². The van der Waals surface area contributed by atoms with E-state index in [4.69, 9.17) is 0 Å². The van der Waals surface area contributed by atoms with Crippen molar-refractivity contribution in [2.75, 3.05) is 0 Å². The Morgan fingerprint density at radius 2 is 0.849 bits per heavy atom. The van der Waals surface area contributed by atoms with E-state index in [2.05, 4.69) is 189 Å². The highest BCUT2D eigenvalue weighted by molar-refractivity contribution is 9.10. The predicted molar refractivity (Wildman–Crippen MR) is 228 cm³/mol. The van der Waals surface area contributed by atoms with Crippen molar-refractivity contribution in [2.45, 2.75) is 25.7 Å². The summed E-state index contributed by atoms with van der Waals surface area (Å²) in [5.41, 5.74) is 15.4. The lowest BCUT2D eigenvalue weighted by Gasteiger charge is -2.19. The molecule has 2 heterocycles. The number of benzene rings is 7. The Kier molecular flexibility index (Phi) is 7.00. The van der Waals surface area contributed by atoms with Gasteiger partial charge in [-0.1, -0.05) is 119 Å². The zero-order chi connectivity index (χ0) is 35.0. The van der Waals surface area contributed by atoms with Crippen LogP contribution in [-0.2, 0) is 12.8 Å². The average Bonchev–Trinajstić information content (AvgIpc) is 3.73. The highest BCUT2D eigenvalue weighted by Crippen LogP contribution is 2.45. The number of nitrogens with zero attached hydrogens (tertiary/aromatic N) is 2. The molecule has 0 amide bonds. The number of hydrogen-bond donors (Lipinski definition) is 0. The predicted octanol–water partition coefficient (Wildman–Crippen LogP) is 13.9. The van der Waals surface area contributed by atoms with E-state index in [-0.39, 0.29) is 0 Å². The van der Waals surface area contributed by atoms with Crippen molar-refractivity contribution in [2.24, 2.45) is 0 Å². The number of halogens is 1. The summed E-state index contributed by atoms with van der Waals surface area (Å²) < 4.78 is 5.95. The van der Waals surface area contributed by atoms with Crippen LogP contribution in [0.15, 0.2) is 156 Å². The molecule has 53 heavy (non-hydrogen) atoms. The van der Waals surface area contributed by atoms with Crippen LogP contribution in [0.3, 0.4) is 0 Å². The van der Waals surface area contributed by atoms with Crippen molar-refractivity contribution in [1.82, 2.24) is 9.13 Å². The summed E-state index contributed by atoms with van der Waals surface area (Å²) in [6, 6.07) is 51.9. The third-order valence-electron chi connectivity index (χ3n) is 11.5. The zero-order valence-electron chi connectivity index (χ0n) is 29.2. The standard InChI is InChI=1S/C50H35BrN2/c51-34-25-30-43-44(31-34)50(33-23-28-36(29-24-33)53-47-19-9-5-13-39(47)40-14-6-10-20-48(40)53)42-16-2-1-15-41(42)49(43)32-21-26-35(27-22-32)52-45-17-7-3-11-37(45)38-12-4-8-18-46(38)52/h1-3,5,7-11,13,15-31H,4,6,12,14H2. The molecule has 2 aliphatic carbocycles. The molecule has 7 aromatic carbocycles. The molecular formula is C50H35BrN2. The summed E-state index contributed by atoms with van der Waals surface area (Å²) in [5.74, 6) is 0. The minimum Gasteiger partial charge on any atom is -0.310 e. The van der Waals surface area contributed by atoms with Gasteiger partial charge in [-0.05, 0) is 141 Å². The number of fused-ring (bicyclic) bond motifs is 8. The average molecular weight is 744 g/mol. The van der Waals surface area contributed by atoms with Gasteiger partial charge >= 0.3 is 0 Å². The molecule has 3 heteroatoms. The molecule has 0 bridgehead atoms. The molecule has 0 unspecified atom stereocenters. The second kappa shape index (κ2) is 12.1. The Morgan fingerprint density at radius 3 is 1.36 bits per heavy atom. The lowest BCUT2D eigenvalue weighted by molar-refractivity contribution is 0.967. The van der Waals surface area contributed by atoms with Crippen LogP contribution >= 0.6 is 15.9 Å².